The van der Waals surface area contributed by atoms with Gasteiger partial charge in [0.15, 0.2) is 11.6 Å². The molecule has 7 heteroatoms. The predicted molar refractivity (Wildman–Crippen MR) is 50.4 cm³/mol. The Balaban J connectivity index is 3.07. The van der Waals surface area contributed by atoms with Gasteiger partial charge in [0.05, 0.1) is 6.42 Å². The lowest BCUT2D eigenvalue weighted by Crippen LogP contribution is -2.12. The van der Waals surface area contributed by atoms with E-state index in [0.717, 1.165) is 0 Å². The standard InChI is InChI=1S/C9H6F4O2S/c10-4-3-5(11)8(13)9(7(4)12)15-6(14)1-2-16/h3,16H,1-2H2. The van der Waals surface area contributed by atoms with Crippen LogP contribution < -0.4 is 4.74 Å². The number of carbonyl (C=O) groups excluding carboxylic acids is 1. The van der Waals surface area contributed by atoms with E-state index in [9.17, 15) is 22.4 Å². The van der Waals surface area contributed by atoms with Crippen molar-refractivity contribution < 1.29 is 27.1 Å². The van der Waals surface area contributed by atoms with Gasteiger partial charge in [0, 0.05) is 11.8 Å². The van der Waals surface area contributed by atoms with E-state index in [-0.39, 0.29) is 18.2 Å². The van der Waals surface area contributed by atoms with Crippen LogP contribution in [-0.2, 0) is 4.79 Å². The Labute approximate surface area is 93.6 Å². The molecular weight excluding hydrogens is 248 g/mol. The van der Waals surface area contributed by atoms with E-state index in [1.807, 2.05) is 0 Å². The second-order valence-electron chi connectivity index (χ2n) is 2.74. The quantitative estimate of drug-likeness (QED) is 0.295. The van der Waals surface area contributed by atoms with Crippen LogP contribution >= 0.6 is 12.6 Å². The van der Waals surface area contributed by atoms with Gasteiger partial charge in [0.25, 0.3) is 0 Å². The molecular formula is C9H6F4O2S. The lowest BCUT2D eigenvalue weighted by atomic mass is 10.3. The highest BCUT2D eigenvalue weighted by atomic mass is 32.1. The third kappa shape index (κ3) is 2.66. The molecule has 2 nitrogen and oxygen atoms in total. The number of thiol groups is 1. The number of hydrogen-bond acceptors (Lipinski definition) is 3. The molecule has 0 unspecified atom stereocenters. The smallest absolute Gasteiger partial charge is 0.312 e. The summed E-state index contributed by atoms with van der Waals surface area (Å²) in [4.78, 5) is 10.9. The monoisotopic (exact) mass is 254 g/mol. The molecule has 88 valence electrons. The van der Waals surface area contributed by atoms with Crippen LogP contribution in [0.3, 0.4) is 0 Å². The van der Waals surface area contributed by atoms with E-state index in [0.29, 0.717) is 0 Å². The van der Waals surface area contributed by atoms with Crippen LogP contribution in [0.4, 0.5) is 17.6 Å². The van der Waals surface area contributed by atoms with Gasteiger partial charge in [-0.3, -0.25) is 4.79 Å². The van der Waals surface area contributed by atoms with Crippen LogP contribution in [0.2, 0.25) is 0 Å². The highest BCUT2D eigenvalue weighted by Gasteiger charge is 2.22. The van der Waals surface area contributed by atoms with Crippen molar-refractivity contribution in [1.29, 1.82) is 0 Å². The lowest BCUT2D eigenvalue weighted by molar-refractivity contribution is -0.134. The van der Waals surface area contributed by atoms with E-state index < -0.39 is 35.0 Å². The maximum Gasteiger partial charge on any atom is 0.312 e. The molecule has 0 spiro atoms. The molecule has 0 aromatic heterocycles. The molecule has 0 N–H and O–H groups in total. The summed E-state index contributed by atoms with van der Waals surface area (Å²) < 4.78 is 55.4. The van der Waals surface area contributed by atoms with Crippen LogP contribution in [0, 0.1) is 23.3 Å². The summed E-state index contributed by atoms with van der Waals surface area (Å²) >= 11 is 3.68. The van der Waals surface area contributed by atoms with Crippen LogP contribution in [0.25, 0.3) is 0 Å². The van der Waals surface area contributed by atoms with E-state index in [2.05, 4.69) is 17.4 Å². The van der Waals surface area contributed by atoms with Gasteiger partial charge in [-0.25, -0.2) is 8.78 Å². The molecule has 0 amide bonds. The fourth-order valence-electron chi connectivity index (χ4n) is 0.897. The van der Waals surface area contributed by atoms with Gasteiger partial charge in [0.2, 0.25) is 17.4 Å². The first kappa shape index (κ1) is 12.8. The molecule has 1 rings (SSSR count). The van der Waals surface area contributed by atoms with Crippen LogP contribution in [0.5, 0.6) is 5.75 Å². The number of ether oxygens (including phenoxy) is 1. The molecule has 0 radical (unpaired) electrons. The van der Waals surface area contributed by atoms with Gasteiger partial charge in [-0.15, -0.1) is 0 Å². The second kappa shape index (κ2) is 5.20. The van der Waals surface area contributed by atoms with Crippen LogP contribution in [-0.4, -0.2) is 11.7 Å². The Morgan fingerprint density at radius 2 is 1.69 bits per heavy atom. The Morgan fingerprint density at radius 1 is 1.19 bits per heavy atom. The first-order valence-electron chi connectivity index (χ1n) is 4.12. The molecule has 0 saturated heterocycles. The van der Waals surface area contributed by atoms with Gasteiger partial charge in [-0.05, 0) is 0 Å². The average Bonchev–Trinajstić information content (AvgIpc) is 2.22. The van der Waals surface area contributed by atoms with Crippen molar-refractivity contribution in [3.8, 4) is 5.75 Å². The Kier molecular flexibility index (Phi) is 4.17. The number of esters is 1. The largest absolute Gasteiger partial charge is 0.420 e. The Hall–Kier alpha value is -1.24. The van der Waals surface area contributed by atoms with Crippen molar-refractivity contribution in [1.82, 2.24) is 0 Å². The first-order valence-corrected chi connectivity index (χ1v) is 4.75. The SMILES string of the molecule is O=C(CCS)Oc1c(F)c(F)cc(F)c1F. The topological polar surface area (TPSA) is 26.3 Å². The van der Waals surface area contributed by atoms with Crippen molar-refractivity contribution in [2.24, 2.45) is 0 Å². The van der Waals surface area contributed by atoms with E-state index in [1.165, 1.54) is 0 Å². The molecule has 0 fully saturated rings. The summed E-state index contributed by atoms with van der Waals surface area (Å²) in [5.74, 6) is -9.07. The van der Waals surface area contributed by atoms with Crippen molar-refractivity contribution >= 4 is 18.6 Å². The number of hydrogen-bond donors (Lipinski definition) is 1. The summed E-state index contributed by atoms with van der Waals surface area (Å²) in [5, 5.41) is 0. The van der Waals surface area contributed by atoms with Gasteiger partial charge in [-0.2, -0.15) is 21.4 Å². The summed E-state index contributed by atoms with van der Waals surface area (Å²) in [6.07, 6.45) is -0.236. The molecule has 0 bridgehead atoms. The van der Waals surface area contributed by atoms with Crippen molar-refractivity contribution in [2.75, 3.05) is 5.75 Å². The fourth-order valence-corrected chi connectivity index (χ4v) is 1.08. The normalized spacial score (nSPS) is 10.3. The minimum absolute atomic E-state index is 0.0284. The Morgan fingerprint density at radius 3 is 2.12 bits per heavy atom. The fraction of sp³-hybridized carbons (Fsp3) is 0.222. The number of benzene rings is 1. The van der Waals surface area contributed by atoms with E-state index >= 15 is 0 Å². The molecule has 0 atom stereocenters. The van der Waals surface area contributed by atoms with Crippen LogP contribution in [0.1, 0.15) is 6.42 Å². The van der Waals surface area contributed by atoms with Crippen molar-refractivity contribution in [2.45, 2.75) is 6.42 Å². The van der Waals surface area contributed by atoms with Crippen molar-refractivity contribution in [3.05, 3.63) is 29.3 Å². The molecule has 16 heavy (non-hydrogen) atoms. The molecule has 0 heterocycles. The number of rotatable bonds is 3. The Bertz CT molecular complexity index is 396. The minimum atomic E-state index is -1.74. The maximum absolute atomic E-state index is 13.0. The van der Waals surface area contributed by atoms with Gasteiger partial charge in [-0.1, -0.05) is 0 Å². The predicted octanol–water partition coefficient (Wildman–Crippen LogP) is 2.47. The highest BCUT2D eigenvalue weighted by Crippen LogP contribution is 2.26. The molecule has 1 aromatic rings. The number of carbonyl (C=O) groups is 1. The molecule has 0 aliphatic carbocycles. The second-order valence-corrected chi connectivity index (χ2v) is 3.19. The highest BCUT2D eigenvalue weighted by molar-refractivity contribution is 7.80. The van der Waals surface area contributed by atoms with Crippen molar-refractivity contribution in [3.63, 3.8) is 0 Å². The van der Waals surface area contributed by atoms with E-state index in [4.69, 9.17) is 0 Å². The number of halogens is 4. The first-order chi connectivity index (χ1) is 7.47. The zero-order valence-corrected chi connectivity index (χ0v) is 8.66. The summed E-state index contributed by atoms with van der Waals surface area (Å²) in [7, 11) is 0. The zero-order valence-electron chi connectivity index (χ0n) is 7.77. The minimum Gasteiger partial charge on any atom is -0.420 e. The summed E-state index contributed by atoms with van der Waals surface area (Å²) in [5.41, 5.74) is 0. The van der Waals surface area contributed by atoms with Gasteiger partial charge in [0.1, 0.15) is 0 Å². The van der Waals surface area contributed by atoms with Gasteiger partial charge < -0.3 is 4.74 Å². The third-order valence-electron chi connectivity index (χ3n) is 1.60. The van der Waals surface area contributed by atoms with Crippen LogP contribution in [0.15, 0.2) is 6.07 Å². The summed E-state index contributed by atoms with van der Waals surface area (Å²) in [6, 6.07) is 0.0284. The maximum atomic E-state index is 13.0. The molecule has 0 aliphatic rings. The van der Waals surface area contributed by atoms with E-state index in [1.54, 1.807) is 0 Å². The summed E-state index contributed by atoms with van der Waals surface area (Å²) in [6.45, 7) is 0. The van der Waals surface area contributed by atoms with Gasteiger partial charge >= 0.3 is 5.97 Å². The third-order valence-corrected chi connectivity index (χ3v) is 1.83. The molecule has 1 aromatic carbocycles. The average molecular weight is 254 g/mol. The molecule has 0 aliphatic heterocycles. The lowest BCUT2D eigenvalue weighted by Gasteiger charge is -2.06. The molecule has 0 saturated carbocycles. The zero-order chi connectivity index (χ0) is 12.3.